The second kappa shape index (κ2) is 4.43. The fourth-order valence-corrected chi connectivity index (χ4v) is 2.73. The number of alkyl halides is 5. The minimum Gasteiger partial charge on any atom is -0.320 e. The average molecular weight is 323 g/mol. The van der Waals surface area contributed by atoms with Gasteiger partial charge < -0.3 is 4.57 Å². The molecule has 3 rings (SSSR count). The number of fused-ring (bicyclic) bond motifs is 1. The van der Waals surface area contributed by atoms with E-state index >= 15 is 0 Å². The average Bonchev–Trinajstić information content (AvgIpc) is 2.80. The van der Waals surface area contributed by atoms with Gasteiger partial charge in [-0.05, 0) is 17.7 Å². The lowest BCUT2D eigenvalue weighted by Crippen LogP contribution is -2.18. The van der Waals surface area contributed by atoms with Crippen molar-refractivity contribution in [1.82, 2.24) is 9.55 Å². The van der Waals surface area contributed by atoms with Crippen molar-refractivity contribution < 1.29 is 22.0 Å². The molecule has 0 saturated heterocycles. The summed E-state index contributed by atoms with van der Waals surface area (Å²) in [5, 5.41) is 0.0771. The van der Waals surface area contributed by atoms with Gasteiger partial charge in [-0.3, -0.25) is 0 Å². The Kier molecular flexibility index (Phi) is 3.02. The SMILES string of the molecule is FC1(F)Cc2c(C(F)(F)F)cn(-c3ccnc(Cl)c3)c2C1. The quantitative estimate of drug-likeness (QED) is 0.566. The van der Waals surface area contributed by atoms with Gasteiger partial charge in [-0.2, -0.15) is 13.2 Å². The van der Waals surface area contributed by atoms with E-state index < -0.39 is 30.5 Å². The normalized spacial score (nSPS) is 17.0. The Morgan fingerprint density at radius 2 is 1.95 bits per heavy atom. The molecule has 0 fully saturated rings. The Morgan fingerprint density at radius 1 is 1.24 bits per heavy atom. The highest BCUT2D eigenvalue weighted by molar-refractivity contribution is 6.29. The van der Waals surface area contributed by atoms with Gasteiger partial charge in [0.05, 0.1) is 12.0 Å². The van der Waals surface area contributed by atoms with Crippen LogP contribution in [0.4, 0.5) is 22.0 Å². The first kappa shape index (κ1) is 14.3. The summed E-state index contributed by atoms with van der Waals surface area (Å²) in [7, 11) is 0. The molecule has 1 aliphatic rings. The van der Waals surface area contributed by atoms with Crippen LogP contribution in [0, 0.1) is 0 Å². The number of rotatable bonds is 1. The smallest absolute Gasteiger partial charge is 0.320 e. The number of aromatic nitrogens is 2. The van der Waals surface area contributed by atoms with Gasteiger partial charge in [0.25, 0.3) is 5.92 Å². The Bertz CT molecular complexity index is 705. The molecule has 0 amide bonds. The lowest BCUT2D eigenvalue weighted by Gasteiger charge is -2.11. The van der Waals surface area contributed by atoms with Crippen LogP contribution in [-0.4, -0.2) is 15.5 Å². The summed E-state index contributed by atoms with van der Waals surface area (Å²) in [5.41, 5.74) is -1.13. The van der Waals surface area contributed by atoms with Crippen molar-refractivity contribution >= 4 is 11.6 Å². The Morgan fingerprint density at radius 3 is 2.57 bits per heavy atom. The van der Waals surface area contributed by atoms with E-state index in [4.69, 9.17) is 11.6 Å². The lowest BCUT2D eigenvalue weighted by molar-refractivity contribution is -0.138. The van der Waals surface area contributed by atoms with E-state index in [2.05, 4.69) is 4.98 Å². The molecule has 0 aliphatic heterocycles. The molecule has 0 N–H and O–H groups in total. The minimum atomic E-state index is -4.67. The summed E-state index contributed by atoms with van der Waals surface area (Å²) < 4.78 is 67.1. The molecule has 0 unspecified atom stereocenters. The second-order valence-electron chi connectivity index (χ2n) is 4.88. The van der Waals surface area contributed by atoms with Gasteiger partial charge in [0, 0.05) is 30.2 Å². The fourth-order valence-electron chi connectivity index (χ4n) is 2.56. The van der Waals surface area contributed by atoms with Crippen LogP contribution in [-0.2, 0) is 19.0 Å². The molecule has 2 nitrogen and oxygen atoms in total. The summed E-state index contributed by atoms with van der Waals surface area (Å²) in [6.07, 6.45) is -4.15. The molecule has 2 aromatic heterocycles. The van der Waals surface area contributed by atoms with Crippen molar-refractivity contribution in [3.05, 3.63) is 46.5 Å². The molecule has 1 aliphatic carbocycles. The topological polar surface area (TPSA) is 17.8 Å². The van der Waals surface area contributed by atoms with E-state index in [1.54, 1.807) is 0 Å². The van der Waals surface area contributed by atoms with Crippen LogP contribution in [0.15, 0.2) is 24.5 Å². The molecule has 21 heavy (non-hydrogen) atoms. The van der Waals surface area contributed by atoms with Crippen LogP contribution in [0.3, 0.4) is 0 Å². The van der Waals surface area contributed by atoms with Crippen molar-refractivity contribution in [2.45, 2.75) is 24.9 Å². The molecule has 8 heteroatoms. The lowest BCUT2D eigenvalue weighted by atomic mass is 10.1. The van der Waals surface area contributed by atoms with Crippen molar-refractivity contribution in [3.63, 3.8) is 0 Å². The van der Waals surface area contributed by atoms with Crippen LogP contribution in [0.2, 0.25) is 5.15 Å². The summed E-state index contributed by atoms with van der Waals surface area (Å²) in [4.78, 5) is 3.72. The largest absolute Gasteiger partial charge is 0.418 e. The van der Waals surface area contributed by atoms with E-state index in [0.717, 1.165) is 10.8 Å². The zero-order chi connectivity index (χ0) is 15.4. The van der Waals surface area contributed by atoms with E-state index in [9.17, 15) is 22.0 Å². The fraction of sp³-hybridized carbons (Fsp3) is 0.308. The Labute approximate surface area is 121 Å². The van der Waals surface area contributed by atoms with Crippen LogP contribution < -0.4 is 0 Å². The highest BCUT2D eigenvalue weighted by atomic mass is 35.5. The molecule has 0 saturated carbocycles. The van der Waals surface area contributed by atoms with Gasteiger partial charge in [-0.25, -0.2) is 13.8 Å². The van der Waals surface area contributed by atoms with Gasteiger partial charge >= 0.3 is 6.18 Å². The molecule has 2 aromatic rings. The number of pyridine rings is 1. The maximum atomic E-state index is 13.5. The van der Waals surface area contributed by atoms with Crippen LogP contribution in [0.1, 0.15) is 16.8 Å². The van der Waals surface area contributed by atoms with Crippen LogP contribution in [0.25, 0.3) is 5.69 Å². The number of hydrogen-bond donors (Lipinski definition) is 0. The summed E-state index contributed by atoms with van der Waals surface area (Å²) >= 11 is 5.70. The summed E-state index contributed by atoms with van der Waals surface area (Å²) in [5.74, 6) is -3.16. The van der Waals surface area contributed by atoms with E-state index in [-0.39, 0.29) is 22.1 Å². The van der Waals surface area contributed by atoms with Gasteiger partial charge in [0.2, 0.25) is 0 Å². The standard InChI is InChI=1S/C13H8ClF5N2/c14-11-3-7(1-2-20-11)21-6-9(13(17,18)19)8-4-12(15,16)5-10(8)21/h1-3,6H,4-5H2. The molecular formula is C13H8ClF5N2. The Balaban J connectivity index is 2.20. The number of hydrogen-bond acceptors (Lipinski definition) is 1. The van der Waals surface area contributed by atoms with Crippen molar-refractivity contribution in [2.24, 2.45) is 0 Å². The molecule has 0 radical (unpaired) electrons. The van der Waals surface area contributed by atoms with Crippen LogP contribution in [0.5, 0.6) is 0 Å². The van der Waals surface area contributed by atoms with E-state index in [0.29, 0.717) is 0 Å². The molecule has 112 valence electrons. The first-order valence-corrected chi connectivity index (χ1v) is 6.35. The van der Waals surface area contributed by atoms with Crippen molar-refractivity contribution in [2.75, 3.05) is 0 Å². The Hall–Kier alpha value is -1.63. The number of nitrogens with zero attached hydrogens (tertiary/aromatic N) is 2. The first-order valence-electron chi connectivity index (χ1n) is 5.97. The summed E-state index contributed by atoms with van der Waals surface area (Å²) in [6, 6.07) is 2.75. The number of halogens is 6. The third-order valence-corrected chi connectivity index (χ3v) is 3.58. The highest BCUT2D eigenvalue weighted by Crippen LogP contribution is 2.44. The van der Waals surface area contributed by atoms with Crippen molar-refractivity contribution in [1.29, 1.82) is 0 Å². The molecular weight excluding hydrogens is 315 g/mol. The van der Waals surface area contributed by atoms with Crippen molar-refractivity contribution in [3.8, 4) is 5.69 Å². The summed E-state index contributed by atoms with van der Waals surface area (Å²) in [6.45, 7) is 0. The van der Waals surface area contributed by atoms with Gasteiger partial charge in [-0.15, -0.1) is 0 Å². The second-order valence-corrected chi connectivity index (χ2v) is 5.27. The third kappa shape index (κ3) is 2.50. The maximum absolute atomic E-state index is 13.5. The van der Waals surface area contributed by atoms with E-state index in [1.807, 2.05) is 0 Å². The maximum Gasteiger partial charge on any atom is 0.418 e. The van der Waals surface area contributed by atoms with Crippen LogP contribution >= 0.6 is 11.6 Å². The predicted octanol–water partition coefficient (Wildman–Crippen LogP) is 4.28. The monoisotopic (exact) mass is 322 g/mol. The third-order valence-electron chi connectivity index (χ3n) is 3.38. The highest BCUT2D eigenvalue weighted by Gasteiger charge is 2.46. The zero-order valence-electron chi connectivity index (χ0n) is 10.4. The van der Waals surface area contributed by atoms with Gasteiger partial charge in [0.1, 0.15) is 5.15 Å². The molecule has 0 aromatic carbocycles. The molecule has 2 heterocycles. The molecule has 0 bridgehead atoms. The van der Waals surface area contributed by atoms with Gasteiger partial charge in [-0.1, -0.05) is 11.6 Å². The predicted molar refractivity (Wildman–Crippen MR) is 65.9 cm³/mol. The van der Waals surface area contributed by atoms with E-state index in [1.165, 1.54) is 18.3 Å². The first-order chi connectivity index (χ1) is 9.67. The molecule has 0 spiro atoms. The zero-order valence-corrected chi connectivity index (χ0v) is 11.1. The molecule has 0 atom stereocenters. The van der Waals surface area contributed by atoms with Gasteiger partial charge in [0.15, 0.2) is 0 Å². The minimum absolute atomic E-state index is 0.0328.